The molecule has 0 amide bonds. The van der Waals surface area contributed by atoms with E-state index in [1.165, 1.54) is 19.8 Å². The van der Waals surface area contributed by atoms with Gasteiger partial charge in [-0.25, -0.2) is 4.79 Å². The van der Waals surface area contributed by atoms with E-state index in [1.54, 1.807) is 43.3 Å². The molecule has 0 spiro atoms. The minimum absolute atomic E-state index is 0.174. The number of allylic oxidation sites excluding steroid dienone is 1. The van der Waals surface area contributed by atoms with Crippen LogP contribution in [0.25, 0.3) is 6.08 Å². The van der Waals surface area contributed by atoms with Crippen LogP contribution in [-0.4, -0.2) is 26.0 Å². The molecular formula is C28H26O6. The highest BCUT2D eigenvalue weighted by molar-refractivity contribution is 6.15. The minimum Gasteiger partial charge on any atom is -0.496 e. The van der Waals surface area contributed by atoms with Crippen LogP contribution in [0, 0.1) is 6.92 Å². The average Bonchev–Trinajstić information content (AvgIpc) is 3.13. The zero-order valence-corrected chi connectivity index (χ0v) is 19.8. The number of benzene rings is 3. The van der Waals surface area contributed by atoms with Crippen molar-refractivity contribution in [1.29, 1.82) is 0 Å². The lowest BCUT2D eigenvalue weighted by atomic mass is 10.0. The molecule has 0 atom stereocenters. The summed E-state index contributed by atoms with van der Waals surface area (Å²) < 4.78 is 22.1. The van der Waals surface area contributed by atoms with Gasteiger partial charge in [-0.2, -0.15) is 0 Å². The summed E-state index contributed by atoms with van der Waals surface area (Å²) in [5.74, 6) is 1.09. The van der Waals surface area contributed by atoms with E-state index < -0.39 is 5.97 Å². The molecule has 0 unspecified atom stereocenters. The van der Waals surface area contributed by atoms with E-state index in [4.69, 9.17) is 18.9 Å². The molecule has 0 aromatic heterocycles. The molecule has 1 aliphatic rings. The Labute approximate surface area is 198 Å². The molecule has 6 heteroatoms. The molecule has 0 bridgehead atoms. The molecule has 3 aromatic rings. The van der Waals surface area contributed by atoms with Gasteiger partial charge in [0.2, 0.25) is 5.78 Å². The van der Waals surface area contributed by atoms with Gasteiger partial charge in [0.05, 0.1) is 19.8 Å². The van der Waals surface area contributed by atoms with Crippen LogP contribution in [-0.2, 0) is 0 Å². The van der Waals surface area contributed by atoms with Crippen LogP contribution in [0.1, 0.15) is 57.2 Å². The molecule has 1 heterocycles. The van der Waals surface area contributed by atoms with E-state index in [1.807, 2.05) is 24.3 Å². The first kappa shape index (κ1) is 23.1. The van der Waals surface area contributed by atoms with E-state index >= 15 is 0 Å². The number of ketones is 1. The summed E-state index contributed by atoms with van der Waals surface area (Å²) in [5.41, 5.74) is 3.37. The van der Waals surface area contributed by atoms with Gasteiger partial charge in [-0.05, 0) is 53.8 Å². The van der Waals surface area contributed by atoms with Gasteiger partial charge in [0, 0.05) is 6.07 Å². The number of hydrogen-bond donors (Lipinski definition) is 0. The van der Waals surface area contributed by atoms with Gasteiger partial charge >= 0.3 is 5.97 Å². The van der Waals surface area contributed by atoms with Gasteiger partial charge in [0.15, 0.2) is 5.76 Å². The molecule has 0 saturated carbocycles. The Kier molecular flexibility index (Phi) is 6.41. The number of methoxy groups -OCH3 is 2. The Hall–Kier alpha value is -4.06. The minimum atomic E-state index is -0.640. The maximum atomic E-state index is 13.0. The molecule has 1 aliphatic heterocycles. The number of rotatable bonds is 6. The number of fused-ring (bicyclic) bond motifs is 1. The van der Waals surface area contributed by atoms with Crippen LogP contribution < -0.4 is 18.9 Å². The maximum absolute atomic E-state index is 13.0. The predicted molar refractivity (Wildman–Crippen MR) is 129 cm³/mol. The molecule has 174 valence electrons. The van der Waals surface area contributed by atoms with Crippen molar-refractivity contribution < 1.29 is 28.5 Å². The number of carbonyl (C=O) groups excluding carboxylic acids is 2. The maximum Gasteiger partial charge on any atom is 0.351 e. The zero-order valence-electron chi connectivity index (χ0n) is 19.8. The highest BCUT2D eigenvalue weighted by atomic mass is 16.5. The summed E-state index contributed by atoms with van der Waals surface area (Å²) in [6.45, 7) is 6.04. The third-order valence-electron chi connectivity index (χ3n) is 5.69. The highest BCUT2D eigenvalue weighted by Crippen LogP contribution is 2.38. The first-order valence-corrected chi connectivity index (χ1v) is 10.9. The molecular weight excluding hydrogens is 432 g/mol. The second-order valence-corrected chi connectivity index (χ2v) is 8.30. The van der Waals surface area contributed by atoms with Crippen molar-refractivity contribution >= 4 is 17.8 Å². The van der Waals surface area contributed by atoms with Crippen molar-refractivity contribution in [3.05, 3.63) is 88.2 Å². The van der Waals surface area contributed by atoms with Crippen molar-refractivity contribution in [2.45, 2.75) is 26.7 Å². The number of Topliss-reactive ketones (excluding diaryl/α,β-unsaturated/α-hetero) is 1. The highest BCUT2D eigenvalue weighted by Gasteiger charge is 2.31. The summed E-state index contributed by atoms with van der Waals surface area (Å²) in [6, 6.07) is 16.2. The number of aryl methyl sites for hydroxylation is 1. The van der Waals surface area contributed by atoms with Crippen LogP contribution in [0.2, 0.25) is 0 Å². The van der Waals surface area contributed by atoms with Crippen LogP contribution >= 0.6 is 0 Å². The molecule has 34 heavy (non-hydrogen) atoms. The van der Waals surface area contributed by atoms with Crippen molar-refractivity contribution in [2.75, 3.05) is 14.2 Å². The lowest BCUT2D eigenvalue weighted by molar-refractivity contribution is 0.0727. The van der Waals surface area contributed by atoms with E-state index in [0.29, 0.717) is 34.3 Å². The Morgan fingerprint density at radius 2 is 1.62 bits per heavy atom. The van der Waals surface area contributed by atoms with Crippen molar-refractivity contribution in [3.8, 4) is 23.0 Å². The van der Waals surface area contributed by atoms with Crippen LogP contribution in [0.15, 0.2) is 60.4 Å². The third-order valence-corrected chi connectivity index (χ3v) is 5.69. The smallest absolute Gasteiger partial charge is 0.351 e. The van der Waals surface area contributed by atoms with E-state index in [-0.39, 0.29) is 22.9 Å². The second-order valence-electron chi connectivity index (χ2n) is 8.30. The quantitative estimate of drug-likeness (QED) is 0.257. The molecule has 0 fully saturated rings. The third kappa shape index (κ3) is 4.39. The van der Waals surface area contributed by atoms with Crippen molar-refractivity contribution in [1.82, 2.24) is 0 Å². The normalized spacial score (nSPS) is 13.6. The summed E-state index contributed by atoms with van der Waals surface area (Å²) in [7, 11) is 2.93. The Balaban J connectivity index is 1.61. The lowest BCUT2D eigenvalue weighted by Crippen LogP contribution is -2.12. The number of hydrogen-bond acceptors (Lipinski definition) is 6. The fourth-order valence-electron chi connectivity index (χ4n) is 3.88. The fraction of sp³-hybridized carbons (Fsp3) is 0.214. The predicted octanol–water partition coefficient (Wildman–Crippen LogP) is 5.97. The van der Waals surface area contributed by atoms with Crippen LogP contribution in [0.3, 0.4) is 0 Å². The van der Waals surface area contributed by atoms with Crippen LogP contribution in [0.4, 0.5) is 0 Å². The standard InChI is InChI=1S/C28H26O6/c1-16(2)19-11-9-18(10-12-19)14-24-27(29)25-17(3)13-20(15-23(25)34-24)33-28(30)26-21(31-4)7-6-8-22(26)32-5/h6-16H,1-5H3/b24-14-. The summed E-state index contributed by atoms with van der Waals surface area (Å²) in [5, 5.41) is 0. The first-order chi connectivity index (χ1) is 16.3. The monoisotopic (exact) mass is 458 g/mol. The van der Waals surface area contributed by atoms with Crippen molar-refractivity contribution in [3.63, 3.8) is 0 Å². The van der Waals surface area contributed by atoms with Crippen molar-refractivity contribution in [2.24, 2.45) is 0 Å². The van der Waals surface area contributed by atoms with Gasteiger partial charge in [-0.15, -0.1) is 0 Å². The summed E-state index contributed by atoms with van der Waals surface area (Å²) >= 11 is 0. The summed E-state index contributed by atoms with van der Waals surface area (Å²) in [4.78, 5) is 25.9. The van der Waals surface area contributed by atoms with Gasteiger partial charge in [0.1, 0.15) is 28.6 Å². The molecule has 0 aliphatic carbocycles. The Morgan fingerprint density at radius 1 is 0.971 bits per heavy atom. The molecule has 4 rings (SSSR count). The van der Waals surface area contributed by atoms with E-state index in [9.17, 15) is 9.59 Å². The van der Waals surface area contributed by atoms with Gasteiger partial charge in [0.25, 0.3) is 0 Å². The molecule has 0 radical (unpaired) electrons. The van der Waals surface area contributed by atoms with Crippen LogP contribution in [0.5, 0.6) is 23.0 Å². The number of esters is 1. The topological polar surface area (TPSA) is 71.1 Å². The van der Waals surface area contributed by atoms with Gasteiger partial charge in [-0.1, -0.05) is 44.2 Å². The summed E-state index contributed by atoms with van der Waals surface area (Å²) in [6.07, 6.45) is 1.72. The average molecular weight is 459 g/mol. The fourth-order valence-corrected chi connectivity index (χ4v) is 3.88. The lowest BCUT2D eigenvalue weighted by Gasteiger charge is -2.13. The molecule has 0 N–H and O–H groups in total. The van der Waals surface area contributed by atoms with Gasteiger partial charge in [-0.3, -0.25) is 4.79 Å². The molecule has 6 nitrogen and oxygen atoms in total. The number of ether oxygens (including phenoxy) is 4. The van der Waals surface area contributed by atoms with Gasteiger partial charge < -0.3 is 18.9 Å². The first-order valence-electron chi connectivity index (χ1n) is 10.9. The molecule has 0 saturated heterocycles. The largest absolute Gasteiger partial charge is 0.496 e. The Morgan fingerprint density at radius 3 is 2.21 bits per heavy atom. The SMILES string of the molecule is COc1cccc(OC)c1C(=O)Oc1cc(C)c2c(c1)O/C(=C\c1ccc(C(C)C)cc1)C2=O. The second kappa shape index (κ2) is 9.43. The zero-order chi connectivity index (χ0) is 24.4. The van der Waals surface area contributed by atoms with E-state index in [2.05, 4.69) is 13.8 Å². The number of carbonyl (C=O) groups is 2. The van der Waals surface area contributed by atoms with E-state index in [0.717, 1.165) is 5.56 Å². The molecule has 3 aromatic carbocycles. The Bertz CT molecular complexity index is 1260.